The number of ether oxygens (including phenoxy) is 1. The molecule has 0 aliphatic carbocycles. The minimum Gasteiger partial charge on any atom is -0.481 e. The number of aryl methyl sites for hydroxylation is 1. The fourth-order valence-corrected chi connectivity index (χ4v) is 1.39. The number of benzene rings is 1. The number of hydrogen-bond acceptors (Lipinski definition) is 3. The van der Waals surface area contributed by atoms with Crippen LogP contribution in [0.25, 0.3) is 0 Å². The van der Waals surface area contributed by atoms with E-state index in [4.69, 9.17) is 9.84 Å². The molecule has 0 radical (unpaired) electrons. The van der Waals surface area contributed by atoms with E-state index in [9.17, 15) is 9.59 Å². The summed E-state index contributed by atoms with van der Waals surface area (Å²) in [6, 6.07) is 5.50. The van der Waals surface area contributed by atoms with Gasteiger partial charge in [-0.25, -0.2) is 0 Å². The normalized spacial score (nSPS) is 10.0. The first-order chi connectivity index (χ1) is 8.00. The van der Waals surface area contributed by atoms with Gasteiger partial charge in [0.15, 0.2) is 0 Å². The summed E-state index contributed by atoms with van der Waals surface area (Å²) in [6.45, 7) is 3.83. The fraction of sp³-hybridized carbons (Fsp3) is 0.385. The summed E-state index contributed by atoms with van der Waals surface area (Å²) in [5.41, 5.74) is 1.99. The second kappa shape index (κ2) is 6.03. The minimum absolute atomic E-state index is 0.0120. The predicted octanol–water partition coefficient (Wildman–Crippen LogP) is 2.46. The van der Waals surface area contributed by atoms with Crippen molar-refractivity contribution in [2.24, 2.45) is 0 Å². The van der Waals surface area contributed by atoms with Crippen molar-refractivity contribution in [3.63, 3.8) is 0 Å². The van der Waals surface area contributed by atoms with Crippen molar-refractivity contribution in [1.82, 2.24) is 0 Å². The summed E-state index contributed by atoms with van der Waals surface area (Å²) in [4.78, 5) is 21.7. The van der Waals surface area contributed by atoms with Gasteiger partial charge in [0.05, 0.1) is 0 Å². The molecular formula is C13H16O4. The van der Waals surface area contributed by atoms with Gasteiger partial charge in [-0.3, -0.25) is 9.59 Å². The molecule has 0 bridgehead atoms. The zero-order chi connectivity index (χ0) is 12.8. The van der Waals surface area contributed by atoms with E-state index in [1.54, 1.807) is 6.07 Å². The van der Waals surface area contributed by atoms with Crippen molar-refractivity contribution in [2.75, 3.05) is 0 Å². The van der Waals surface area contributed by atoms with Gasteiger partial charge in [0.25, 0.3) is 0 Å². The highest BCUT2D eigenvalue weighted by atomic mass is 16.5. The first-order valence-electron chi connectivity index (χ1n) is 5.49. The zero-order valence-corrected chi connectivity index (χ0v) is 10.0. The topological polar surface area (TPSA) is 63.6 Å². The van der Waals surface area contributed by atoms with Crippen LogP contribution in [-0.2, 0) is 9.59 Å². The van der Waals surface area contributed by atoms with Crippen molar-refractivity contribution in [3.8, 4) is 5.75 Å². The fourth-order valence-electron chi connectivity index (χ4n) is 1.39. The molecule has 17 heavy (non-hydrogen) atoms. The molecule has 0 heterocycles. The molecule has 0 saturated carbocycles. The average Bonchev–Trinajstić information content (AvgIpc) is 2.24. The summed E-state index contributed by atoms with van der Waals surface area (Å²) in [6.07, 6.45) is 0.417. The van der Waals surface area contributed by atoms with Crippen molar-refractivity contribution in [3.05, 3.63) is 29.3 Å². The third kappa shape index (κ3) is 4.26. The van der Waals surface area contributed by atoms with Gasteiger partial charge in [-0.15, -0.1) is 0 Å². The van der Waals surface area contributed by atoms with Crippen LogP contribution in [-0.4, -0.2) is 17.0 Å². The van der Waals surface area contributed by atoms with Gasteiger partial charge in [0.2, 0.25) is 0 Å². The van der Waals surface area contributed by atoms with Crippen LogP contribution in [0.3, 0.4) is 0 Å². The molecule has 0 fully saturated rings. The van der Waals surface area contributed by atoms with Crippen molar-refractivity contribution in [2.45, 2.75) is 33.1 Å². The average molecular weight is 236 g/mol. The molecule has 4 heteroatoms. The number of hydrogen-bond donors (Lipinski definition) is 1. The Balaban J connectivity index is 2.51. The third-order valence-corrected chi connectivity index (χ3v) is 2.55. The summed E-state index contributed by atoms with van der Waals surface area (Å²) in [5.74, 6) is -0.741. The lowest BCUT2D eigenvalue weighted by Gasteiger charge is -2.08. The van der Waals surface area contributed by atoms with Gasteiger partial charge in [0.1, 0.15) is 5.75 Å². The van der Waals surface area contributed by atoms with E-state index in [0.717, 1.165) is 11.1 Å². The lowest BCUT2D eigenvalue weighted by atomic mass is 10.1. The van der Waals surface area contributed by atoms with Crippen molar-refractivity contribution in [1.29, 1.82) is 0 Å². The Morgan fingerprint density at radius 3 is 2.59 bits per heavy atom. The van der Waals surface area contributed by atoms with Crippen LogP contribution < -0.4 is 4.74 Å². The number of carbonyl (C=O) groups excluding carboxylic acids is 1. The van der Waals surface area contributed by atoms with Gasteiger partial charge in [-0.05, 0) is 37.5 Å². The molecule has 1 aromatic carbocycles. The number of rotatable bonds is 5. The second-order valence-electron chi connectivity index (χ2n) is 3.92. The first-order valence-corrected chi connectivity index (χ1v) is 5.49. The number of aliphatic carboxylic acids is 1. The van der Waals surface area contributed by atoms with Crippen molar-refractivity contribution >= 4 is 11.9 Å². The Labute approximate surface area is 100 Å². The number of carbonyl (C=O) groups is 2. The largest absolute Gasteiger partial charge is 0.481 e. The highest BCUT2D eigenvalue weighted by molar-refractivity contribution is 5.74. The molecule has 1 N–H and O–H groups in total. The van der Waals surface area contributed by atoms with Gasteiger partial charge in [-0.2, -0.15) is 0 Å². The molecule has 1 rings (SSSR count). The van der Waals surface area contributed by atoms with Crippen LogP contribution in [0.5, 0.6) is 5.75 Å². The SMILES string of the molecule is Cc1cccc(OC(=O)CCCC(=O)O)c1C. The van der Waals surface area contributed by atoms with E-state index in [1.807, 2.05) is 26.0 Å². The molecule has 0 aliphatic heterocycles. The Morgan fingerprint density at radius 1 is 1.24 bits per heavy atom. The number of esters is 1. The second-order valence-corrected chi connectivity index (χ2v) is 3.92. The van der Waals surface area contributed by atoms with E-state index in [2.05, 4.69) is 0 Å². The van der Waals surface area contributed by atoms with Gasteiger partial charge >= 0.3 is 11.9 Å². The standard InChI is InChI=1S/C13H16O4/c1-9-5-3-6-11(10(9)2)17-13(16)8-4-7-12(14)15/h3,5-6H,4,7-8H2,1-2H3,(H,14,15). The van der Waals surface area contributed by atoms with E-state index < -0.39 is 5.97 Å². The van der Waals surface area contributed by atoms with Crippen LogP contribution in [0.15, 0.2) is 18.2 Å². The van der Waals surface area contributed by atoms with E-state index in [-0.39, 0.29) is 18.8 Å². The Morgan fingerprint density at radius 2 is 1.94 bits per heavy atom. The molecule has 0 atom stereocenters. The number of carboxylic acid groups (broad SMARTS) is 1. The molecule has 0 aromatic heterocycles. The lowest BCUT2D eigenvalue weighted by Crippen LogP contribution is -2.09. The van der Waals surface area contributed by atoms with Gasteiger partial charge in [0, 0.05) is 12.8 Å². The molecule has 0 spiro atoms. The molecule has 0 amide bonds. The third-order valence-electron chi connectivity index (χ3n) is 2.55. The zero-order valence-electron chi connectivity index (χ0n) is 10.0. The van der Waals surface area contributed by atoms with Crippen LogP contribution >= 0.6 is 0 Å². The Bertz CT molecular complexity index is 423. The van der Waals surface area contributed by atoms with E-state index in [0.29, 0.717) is 12.2 Å². The minimum atomic E-state index is -0.899. The quantitative estimate of drug-likeness (QED) is 0.630. The molecule has 0 saturated heterocycles. The molecule has 1 aromatic rings. The summed E-state index contributed by atoms with van der Waals surface area (Å²) in [5, 5.41) is 8.44. The van der Waals surface area contributed by atoms with Crippen molar-refractivity contribution < 1.29 is 19.4 Å². The van der Waals surface area contributed by atoms with Crippen LogP contribution in [0, 0.1) is 13.8 Å². The monoisotopic (exact) mass is 236 g/mol. The summed E-state index contributed by atoms with van der Waals surface area (Å²) >= 11 is 0. The maximum atomic E-state index is 11.4. The smallest absolute Gasteiger partial charge is 0.311 e. The summed E-state index contributed by atoms with van der Waals surface area (Å²) in [7, 11) is 0. The maximum absolute atomic E-state index is 11.4. The van der Waals surface area contributed by atoms with Gasteiger partial charge < -0.3 is 9.84 Å². The molecule has 4 nitrogen and oxygen atoms in total. The Kier molecular flexibility index (Phi) is 4.69. The Hall–Kier alpha value is -1.84. The lowest BCUT2D eigenvalue weighted by molar-refractivity contribution is -0.137. The first kappa shape index (κ1) is 13.2. The number of carboxylic acids is 1. The van der Waals surface area contributed by atoms with Gasteiger partial charge in [-0.1, -0.05) is 12.1 Å². The highest BCUT2D eigenvalue weighted by Gasteiger charge is 2.09. The highest BCUT2D eigenvalue weighted by Crippen LogP contribution is 2.21. The summed E-state index contributed by atoms with van der Waals surface area (Å²) < 4.78 is 5.18. The van der Waals surface area contributed by atoms with E-state index in [1.165, 1.54) is 0 Å². The van der Waals surface area contributed by atoms with Crippen LogP contribution in [0.1, 0.15) is 30.4 Å². The molecule has 0 unspecified atom stereocenters. The van der Waals surface area contributed by atoms with Crippen LogP contribution in [0.2, 0.25) is 0 Å². The predicted molar refractivity (Wildman–Crippen MR) is 63.0 cm³/mol. The maximum Gasteiger partial charge on any atom is 0.311 e. The molecular weight excluding hydrogens is 220 g/mol. The molecule has 0 aliphatic rings. The van der Waals surface area contributed by atoms with E-state index >= 15 is 0 Å². The van der Waals surface area contributed by atoms with Crippen LogP contribution in [0.4, 0.5) is 0 Å². The molecule has 92 valence electrons.